The van der Waals surface area contributed by atoms with Crippen LogP contribution in [-0.2, 0) is 9.53 Å². The molecule has 9 heteroatoms. The average Bonchev–Trinajstić information content (AvgIpc) is 2.31. The SMILES string of the molecule is O=C(O)C1(O)C[C@@H](O)[C@@H](O)C([C@H](O)[C@H](O)CO)O1. The highest BCUT2D eigenvalue weighted by Gasteiger charge is 2.53. The van der Waals surface area contributed by atoms with Crippen LogP contribution in [0.1, 0.15) is 6.42 Å². The molecule has 18 heavy (non-hydrogen) atoms. The van der Waals surface area contributed by atoms with E-state index in [4.69, 9.17) is 10.2 Å². The molecule has 0 aromatic heterocycles. The van der Waals surface area contributed by atoms with Gasteiger partial charge in [0, 0.05) is 6.42 Å². The van der Waals surface area contributed by atoms with Gasteiger partial charge in [-0.2, -0.15) is 0 Å². The molecule has 9 nitrogen and oxygen atoms in total. The zero-order valence-corrected chi connectivity index (χ0v) is 9.25. The van der Waals surface area contributed by atoms with Crippen molar-refractivity contribution in [2.45, 2.75) is 42.7 Å². The summed E-state index contributed by atoms with van der Waals surface area (Å²) in [5.41, 5.74) is 0. The molecule has 0 amide bonds. The summed E-state index contributed by atoms with van der Waals surface area (Å²) in [4.78, 5) is 10.8. The van der Waals surface area contributed by atoms with Crippen LogP contribution in [0.15, 0.2) is 0 Å². The average molecular weight is 268 g/mol. The van der Waals surface area contributed by atoms with Crippen molar-refractivity contribution in [2.24, 2.45) is 0 Å². The van der Waals surface area contributed by atoms with Gasteiger partial charge in [-0.05, 0) is 0 Å². The molecule has 0 aliphatic carbocycles. The van der Waals surface area contributed by atoms with Crippen LogP contribution in [0.2, 0.25) is 0 Å². The number of ether oxygens (including phenoxy) is 1. The van der Waals surface area contributed by atoms with Crippen molar-refractivity contribution >= 4 is 5.97 Å². The number of rotatable bonds is 4. The minimum absolute atomic E-state index is 0.790. The lowest BCUT2D eigenvalue weighted by Crippen LogP contribution is -2.63. The van der Waals surface area contributed by atoms with E-state index >= 15 is 0 Å². The van der Waals surface area contributed by atoms with Crippen molar-refractivity contribution in [1.82, 2.24) is 0 Å². The van der Waals surface area contributed by atoms with Crippen LogP contribution in [0.4, 0.5) is 0 Å². The monoisotopic (exact) mass is 268 g/mol. The summed E-state index contributed by atoms with van der Waals surface area (Å²) in [6, 6.07) is 0. The van der Waals surface area contributed by atoms with E-state index in [1.807, 2.05) is 0 Å². The van der Waals surface area contributed by atoms with Gasteiger partial charge in [-0.15, -0.1) is 0 Å². The van der Waals surface area contributed by atoms with Crippen molar-refractivity contribution in [2.75, 3.05) is 6.61 Å². The standard InChI is InChI=1S/C9H16O9/c10-2-4(12)6(14)7-5(13)3(11)1-9(17,18-7)8(15)16/h3-7,10-14,17H,1-2H2,(H,15,16)/t3-,4-,5-,6-,7?,9?/m1/s1. The summed E-state index contributed by atoms with van der Waals surface area (Å²) in [7, 11) is 0. The fourth-order valence-electron chi connectivity index (χ4n) is 1.70. The van der Waals surface area contributed by atoms with Crippen molar-refractivity contribution in [3.05, 3.63) is 0 Å². The summed E-state index contributed by atoms with van der Waals surface area (Å²) >= 11 is 0. The largest absolute Gasteiger partial charge is 0.477 e. The second-order valence-electron chi connectivity index (χ2n) is 4.17. The van der Waals surface area contributed by atoms with Gasteiger partial charge in [-0.1, -0.05) is 0 Å². The minimum atomic E-state index is -2.78. The van der Waals surface area contributed by atoms with Crippen LogP contribution in [0.3, 0.4) is 0 Å². The van der Waals surface area contributed by atoms with Crippen LogP contribution < -0.4 is 0 Å². The summed E-state index contributed by atoms with van der Waals surface area (Å²) in [6.45, 7) is -0.866. The first-order valence-electron chi connectivity index (χ1n) is 5.19. The molecule has 1 heterocycles. The molecule has 7 N–H and O–H groups in total. The molecule has 1 saturated heterocycles. The summed E-state index contributed by atoms with van der Waals surface area (Å²) in [6.07, 6.45) is -9.50. The molecule has 0 aromatic carbocycles. The Labute approximate surface area is 101 Å². The van der Waals surface area contributed by atoms with Crippen LogP contribution in [0.5, 0.6) is 0 Å². The first-order chi connectivity index (χ1) is 8.23. The van der Waals surface area contributed by atoms with Crippen molar-refractivity contribution in [1.29, 1.82) is 0 Å². The maximum absolute atomic E-state index is 10.8. The maximum atomic E-state index is 10.8. The lowest BCUT2D eigenvalue weighted by Gasteiger charge is -2.42. The van der Waals surface area contributed by atoms with E-state index in [-0.39, 0.29) is 0 Å². The van der Waals surface area contributed by atoms with E-state index in [9.17, 15) is 30.3 Å². The predicted octanol–water partition coefficient (Wildman–Crippen LogP) is -4.02. The molecule has 1 aliphatic heterocycles. The number of aliphatic carboxylic acids is 1. The summed E-state index contributed by atoms with van der Waals surface area (Å²) in [5, 5.41) is 64.6. The molecule has 1 fully saturated rings. The van der Waals surface area contributed by atoms with Crippen LogP contribution in [0.25, 0.3) is 0 Å². The number of hydrogen-bond donors (Lipinski definition) is 7. The third kappa shape index (κ3) is 2.78. The van der Waals surface area contributed by atoms with Gasteiger partial charge in [0.15, 0.2) is 0 Å². The predicted molar refractivity (Wildman–Crippen MR) is 53.2 cm³/mol. The topological polar surface area (TPSA) is 168 Å². The number of carboxylic acid groups (broad SMARTS) is 1. The Kier molecular flexibility index (Phi) is 4.61. The van der Waals surface area contributed by atoms with Crippen LogP contribution in [-0.4, -0.2) is 84.6 Å². The highest BCUT2D eigenvalue weighted by atomic mass is 16.7. The highest BCUT2D eigenvalue weighted by Crippen LogP contribution is 2.30. The van der Waals surface area contributed by atoms with E-state index in [1.54, 1.807) is 0 Å². The Morgan fingerprint density at radius 3 is 2.39 bits per heavy atom. The highest BCUT2D eigenvalue weighted by molar-refractivity contribution is 5.75. The Balaban J connectivity index is 2.92. The van der Waals surface area contributed by atoms with Crippen LogP contribution >= 0.6 is 0 Å². The molecule has 1 rings (SSSR count). The molecule has 0 radical (unpaired) electrons. The summed E-state index contributed by atoms with van der Waals surface area (Å²) in [5.74, 6) is -4.58. The van der Waals surface area contributed by atoms with Gasteiger partial charge in [0.2, 0.25) is 0 Å². The Morgan fingerprint density at radius 1 is 1.39 bits per heavy atom. The summed E-state index contributed by atoms with van der Waals surface area (Å²) < 4.78 is 4.63. The molecule has 1 aliphatic rings. The van der Waals surface area contributed by atoms with E-state index in [1.165, 1.54) is 0 Å². The van der Waals surface area contributed by atoms with Gasteiger partial charge in [-0.3, -0.25) is 0 Å². The van der Waals surface area contributed by atoms with Gasteiger partial charge in [0.05, 0.1) is 12.7 Å². The fraction of sp³-hybridized carbons (Fsp3) is 0.889. The fourth-order valence-corrected chi connectivity index (χ4v) is 1.70. The molecular formula is C9H16O9. The molecule has 6 atom stereocenters. The quantitative estimate of drug-likeness (QED) is 0.268. The second kappa shape index (κ2) is 5.45. The number of aliphatic hydroxyl groups is 6. The molecule has 0 bridgehead atoms. The lowest BCUT2D eigenvalue weighted by molar-refractivity contribution is -0.312. The van der Waals surface area contributed by atoms with Gasteiger partial charge < -0.3 is 40.5 Å². The molecule has 106 valence electrons. The van der Waals surface area contributed by atoms with E-state index in [0.29, 0.717) is 0 Å². The molecule has 0 saturated carbocycles. The molecule has 0 spiro atoms. The van der Waals surface area contributed by atoms with Gasteiger partial charge >= 0.3 is 5.97 Å². The smallest absolute Gasteiger partial charge is 0.364 e. The van der Waals surface area contributed by atoms with E-state index < -0.39 is 55.3 Å². The number of carboxylic acids is 1. The Bertz CT molecular complexity index is 308. The van der Waals surface area contributed by atoms with Crippen molar-refractivity contribution < 1.29 is 45.3 Å². The van der Waals surface area contributed by atoms with Crippen LogP contribution in [0, 0.1) is 0 Å². The second-order valence-corrected chi connectivity index (χ2v) is 4.17. The van der Waals surface area contributed by atoms with Gasteiger partial charge in [0.1, 0.15) is 24.4 Å². The molecular weight excluding hydrogens is 252 g/mol. The van der Waals surface area contributed by atoms with E-state index in [0.717, 1.165) is 0 Å². The number of carbonyl (C=O) groups is 1. The molecule has 0 aromatic rings. The first kappa shape index (κ1) is 15.2. The maximum Gasteiger partial charge on any atom is 0.364 e. The number of aliphatic hydroxyl groups excluding tert-OH is 5. The van der Waals surface area contributed by atoms with E-state index in [2.05, 4.69) is 4.74 Å². The third-order valence-corrected chi connectivity index (χ3v) is 2.80. The Hall–Kier alpha value is -0.810. The normalized spacial score (nSPS) is 40.2. The number of hydrogen-bond acceptors (Lipinski definition) is 8. The first-order valence-corrected chi connectivity index (χ1v) is 5.19. The molecule has 2 unspecified atom stereocenters. The minimum Gasteiger partial charge on any atom is -0.477 e. The third-order valence-electron chi connectivity index (χ3n) is 2.80. The Morgan fingerprint density at radius 2 is 1.94 bits per heavy atom. The van der Waals surface area contributed by atoms with Gasteiger partial charge in [0.25, 0.3) is 5.79 Å². The zero-order valence-electron chi connectivity index (χ0n) is 9.25. The zero-order chi connectivity index (χ0) is 14.1. The lowest BCUT2D eigenvalue weighted by atomic mass is 9.91. The van der Waals surface area contributed by atoms with Gasteiger partial charge in [-0.25, -0.2) is 4.79 Å². The van der Waals surface area contributed by atoms with Crippen molar-refractivity contribution in [3.63, 3.8) is 0 Å². The van der Waals surface area contributed by atoms with Crippen molar-refractivity contribution in [3.8, 4) is 0 Å².